The van der Waals surface area contributed by atoms with Crippen molar-refractivity contribution in [2.75, 3.05) is 0 Å². The van der Waals surface area contributed by atoms with Gasteiger partial charge in [0.2, 0.25) is 0 Å². The molecule has 84 valence electrons. The van der Waals surface area contributed by atoms with Crippen LogP contribution in [0.2, 0.25) is 0 Å². The number of rotatable bonds is 2. The molecule has 3 heteroatoms. The number of benzene rings is 1. The first-order valence-electron chi connectivity index (χ1n) is 5.65. The first kappa shape index (κ1) is 10.5. The highest BCUT2D eigenvalue weighted by Crippen LogP contribution is 2.56. The molecule has 0 aromatic heterocycles. The number of carbonyl (C=O) groups excluding carboxylic acids is 1. The quantitative estimate of drug-likeness (QED) is 0.778. The van der Waals surface area contributed by atoms with Gasteiger partial charge in [0.25, 0.3) is 0 Å². The molecule has 0 amide bonds. The van der Waals surface area contributed by atoms with Crippen LogP contribution in [0.25, 0.3) is 0 Å². The largest absolute Gasteiger partial charge is 0.364 e. The summed E-state index contributed by atoms with van der Waals surface area (Å²) in [6, 6.07) is 8.22. The highest BCUT2D eigenvalue weighted by atomic mass is 79.9. The van der Waals surface area contributed by atoms with Crippen molar-refractivity contribution in [2.45, 2.75) is 30.4 Å². The number of hydrogen-bond acceptors (Lipinski definition) is 2. The number of alkyl halides is 1. The van der Waals surface area contributed by atoms with E-state index in [1.165, 1.54) is 11.1 Å². The van der Waals surface area contributed by atoms with E-state index < -0.39 is 0 Å². The average Bonchev–Trinajstić information content (AvgIpc) is 2.84. The van der Waals surface area contributed by atoms with Gasteiger partial charge in [-0.15, -0.1) is 0 Å². The molecule has 2 aliphatic rings. The van der Waals surface area contributed by atoms with Gasteiger partial charge in [-0.05, 0) is 11.1 Å². The van der Waals surface area contributed by atoms with Gasteiger partial charge < -0.3 is 4.74 Å². The number of ether oxygens (including phenoxy) is 1. The third-order valence-electron chi connectivity index (χ3n) is 3.58. The van der Waals surface area contributed by atoms with Crippen LogP contribution < -0.4 is 0 Å². The molecular weight excluding hydrogens is 268 g/mol. The number of ketones is 1. The van der Waals surface area contributed by atoms with Gasteiger partial charge >= 0.3 is 0 Å². The van der Waals surface area contributed by atoms with E-state index in [9.17, 15) is 4.79 Å². The summed E-state index contributed by atoms with van der Waals surface area (Å²) in [5, 5.41) is 0. The van der Waals surface area contributed by atoms with Gasteiger partial charge in [-0.1, -0.05) is 47.1 Å². The van der Waals surface area contributed by atoms with Crippen LogP contribution in [0.15, 0.2) is 24.3 Å². The molecule has 16 heavy (non-hydrogen) atoms. The van der Waals surface area contributed by atoms with Crippen molar-refractivity contribution in [3.05, 3.63) is 35.4 Å². The molecule has 4 atom stereocenters. The Bertz CT molecular complexity index is 443. The number of fused-ring (bicyclic) bond motifs is 5. The molecule has 2 nitrogen and oxygen atoms in total. The minimum absolute atomic E-state index is 0.00935. The summed E-state index contributed by atoms with van der Waals surface area (Å²) in [4.78, 5) is 12.1. The lowest BCUT2D eigenvalue weighted by atomic mass is 9.81. The summed E-state index contributed by atoms with van der Waals surface area (Å²) in [5.41, 5.74) is 2.45. The third kappa shape index (κ3) is 1.25. The Labute approximate surface area is 103 Å². The molecule has 1 saturated heterocycles. The molecule has 0 unspecified atom stereocenters. The Hall–Kier alpha value is -0.670. The lowest BCUT2D eigenvalue weighted by Gasteiger charge is -2.24. The summed E-state index contributed by atoms with van der Waals surface area (Å²) in [7, 11) is 0. The molecular formula is C13H13BrO2. The third-order valence-corrected chi connectivity index (χ3v) is 4.63. The summed E-state index contributed by atoms with van der Waals surface area (Å²) in [6.07, 6.45) is 0.612. The second-order valence-corrected chi connectivity index (χ2v) is 5.45. The van der Waals surface area contributed by atoms with Crippen molar-refractivity contribution in [3.63, 3.8) is 0 Å². The Kier molecular flexibility index (Phi) is 2.41. The van der Waals surface area contributed by atoms with E-state index in [0.717, 1.165) is 0 Å². The van der Waals surface area contributed by atoms with Gasteiger partial charge in [-0.3, -0.25) is 4.79 Å². The molecule has 0 aliphatic carbocycles. The van der Waals surface area contributed by atoms with Gasteiger partial charge in [0.15, 0.2) is 0 Å². The fraction of sp³-hybridized carbons (Fsp3) is 0.462. The topological polar surface area (TPSA) is 26.3 Å². The summed E-state index contributed by atoms with van der Waals surface area (Å²) >= 11 is 3.63. The molecule has 1 aromatic carbocycles. The van der Waals surface area contributed by atoms with E-state index in [-0.39, 0.29) is 23.0 Å². The van der Waals surface area contributed by atoms with E-state index in [0.29, 0.717) is 12.2 Å². The average molecular weight is 281 g/mol. The first-order chi connectivity index (χ1) is 7.74. The molecule has 1 fully saturated rings. The zero-order chi connectivity index (χ0) is 11.3. The second kappa shape index (κ2) is 3.67. The van der Waals surface area contributed by atoms with Gasteiger partial charge in [0.1, 0.15) is 5.78 Å². The van der Waals surface area contributed by atoms with E-state index in [1.54, 1.807) is 0 Å². The highest BCUT2D eigenvalue weighted by molar-refractivity contribution is 9.09. The maximum absolute atomic E-state index is 11.9. The van der Waals surface area contributed by atoms with Crippen molar-refractivity contribution >= 4 is 21.7 Å². The number of Topliss-reactive ketones (excluding diaryl/α,β-unsaturated/α-hetero) is 1. The smallest absolute Gasteiger partial charge is 0.139 e. The molecule has 3 rings (SSSR count). The summed E-state index contributed by atoms with van der Waals surface area (Å²) in [5.74, 6) is 0.286. The van der Waals surface area contributed by atoms with Crippen LogP contribution >= 0.6 is 15.9 Å². The maximum Gasteiger partial charge on any atom is 0.139 e. The minimum Gasteiger partial charge on any atom is -0.364 e. The lowest BCUT2D eigenvalue weighted by Crippen LogP contribution is -2.28. The highest BCUT2D eigenvalue weighted by Gasteiger charge is 2.53. The molecule has 0 saturated carbocycles. The monoisotopic (exact) mass is 280 g/mol. The Morgan fingerprint density at radius 1 is 1.31 bits per heavy atom. The molecule has 2 aliphatic heterocycles. The SMILES string of the molecule is CCC(=O)[C@H]1[C@@H](Br)[C@H]2O[C@@H]1c1ccccc12. The summed E-state index contributed by atoms with van der Waals surface area (Å²) in [6.45, 7) is 1.92. The van der Waals surface area contributed by atoms with Crippen molar-refractivity contribution in [3.8, 4) is 0 Å². The number of halogens is 1. The van der Waals surface area contributed by atoms with Crippen LogP contribution in [0.3, 0.4) is 0 Å². The Morgan fingerprint density at radius 2 is 1.94 bits per heavy atom. The standard InChI is InChI=1S/C13H13BrO2/c1-2-9(15)10-11(14)13-8-6-4-3-5-7(8)12(10)16-13/h3-6,10-13H,2H2,1H3/t10-,11+,12+,13-/m0/s1. The van der Waals surface area contributed by atoms with Gasteiger partial charge in [0, 0.05) is 6.42 Å². The second-order valence-electron chi connectivity index (χ2n) is 4.40. The Balaban J connectivity index is 2.04. The first-order valence-corrected chi connectivity index (χ1v) is 6.56. The van der Waals surface area contributed by atoms with Crippen LogP contribution in [-0.2, 0) is 9.53 Å². The van der Waals surface area contributed by atoms with Crippen molar-refractivity contribution in [2.24, 2.45) is 5.92 Å². The van der Waals surface area contributed by atoms with Crippen LogP contribution in [0.5, 0.6) is 0 Å². The normalized spacial score (nSPS) is 35.1. The molecule has 2 heterocycles. The predicted molar refractivity (Wildman–Crippen MR) is 64.5 cm³/mol. The molecule has 0 radical (unpaired) electrons. The van der Waals surface area contributed by atoms with Crippen LogP contribution in [0.1, 0.15) is 36.7 Å². The number of hydrogen-bond donors (Lipinski definition) is 0. The molecule has 1 aromatic rings. The minimum atomic E-state index is -0.0296. The van der Waals surface area contributed by atoms with Crippen molar-refractivity contribution < 1.29 is 9.53 Å². The zero-order valence-corrected chi connectivity index (χ0v) is 10.6. The maximum atomic E-state index is 11.9. The Morgan fingerprint density at radius 3 is 2.56 bits per heavy atom. The molecule has 0 spiro atoms. The van der Waals surface area contributed by atoms with Crippen LogP contribution in [-0.4, -0.2) is 10.6 Å². The zero-order valence-electron chi connectivity index (χ0n) is 9.02. The predicted octanol–water partition coefficient (Wildman–Crippen LogP) is 3.17. The van der Waals surface area contributed by atoms with Gasteiger partial charge in [0.05, 0.1) is 23.0 Å². The summed E-state index contributed by atoms with van der Waals surface area (Å²) < 4.78 is 5.92. The molecule has 0 N–H and O–H groups in total. The fourth-order valence-electron chi connectivity index (χ4n) is 2.80. The van der Waals surface area contributed by atoms with E-state index in [2.05, 4.69) is 28.1 Å². The number of carbonyl (C=O) groups is 1. The fourth-order valence-corrected chi connectivity index (χ4v) is 3.78. The van der Waals surface area contributed by atoms with Gasteiger partial charge in [-0.25, -0.2) is 0 Å². The van der Waals surface area contributed by atoms with Crippen LogP contribution in [0, 0.1) is 5.92 Å². The van der Waals surface area contributed by atoms with E-state index in [4.69, 9.17) is 4.74 Å². The van der Waals surface area contributed by atoms with Crippen molar-refractivity contribution in [1.29, 1.82) is 0 Å². The lowest BCUT2D eigenvalue weighted by molar-refractivity contribution is -0.124. The van der Waals surface area contributed by atoms with Crippen LogP contribution in [0.4, 0.5) is 0 Å². The van der Waals surface area contributed by atoms with E-state index in [1.807, 2.05) is 19.1 Å². The van der Waals surface area contributed by atoms with E-state index >= 15 is 0 Å². The molecule has 2 bridgehead atoms. The van der Waals surface area contributed by atoms with Gasteiger partial charge in [-0.2, -0.15) is 0 Å². The van der Waals surface area contributed by atoms with Crippen molar-refractivity contribution in [1.82, 2.24) is 0 Å².